The second kappa shape index (κ2) is 4.76. The summed E-state index contributed by atoms with van der Waals surface area (Å²) in [5.41, 5.74) is 1.55. The third-order valence-electron chi connectivity index (χ3n) is 2.61. The van der Waals surface area contributed by atoms with Crippen molar-refractivity contribution >= 4 is 0 Å². The molecule has 1 aromatic carbocycles. The Morgan fingerprint density at radius 2 is 1.94 bits per heavy atom. The second-order valence-electron chi connectivity index (χ2n) is 3.88. The minimum absolute atomic E-state index is 0.125. The van der Waals surface area contributed by atoms with Gasteiger partial charge in [-0.25, -0.2) is 0 Å². The number of hydrogen-bond acceptors (Lipinski definition) is 1. The maximum Gasteiger partial charge on any atom is 0.573 e. The Morgan fingerprint density at radius 1 is 1.31 bits per heavy atom. The van der Waals surface area contributed by atoms with Crippen molar-refractivity contribution < 1.29 is 17.9 Å². The highest BCUT2D eigenvalue weighted by molar-refractivity contribution is 5.37. The SMILES string of the molecule is CCC(C)c1ccc(OC(F)(F)F)c(C)c1. The van der Waals surface area contributed by atoms with Crippen LogP contribution in [0.15, 0.2) is 18.2 Å². The molecule has 0 aliphatic heterocycles. The fourth-order valence-electron chi connectivity index (χ4n) is 1.45. The molecule has 1 unspecified atom stereocenters. The molecule has 1 rings (SSSR count). The van der Waals surface area contributed by atoms with E-state index in [2.05, 4.69) is 4.74 Å². The van der Waals surface area contributed by atoms with Crippen LogP contribution in [0.25, 0.3) is 0 Å². The van der Waals surface area contributed by atoms with Crippen molar-refractivity contribution in [1.82, 2.24) is 0 Å². The van der Waals surface area contributed by atoms with Crippen LogP contribution in [-0.2, 0) is 0 Å². The smallest absolute Gasteiger partial charge is 0.406 e. The lowest BCUT2D eigenvalue weighted by Gasteiger charge is -2.14. The summed E-state index contributed by atoms with van der Waals surface area (Å²) < 4.78 is 40.0. The molecule has 0 spiro atoms. The minimum Gasteiger partial charge on any atom is -0.406 e. The third kappa shape index (κ3) is 3.43. The molecule has 1 atom stereocenters. The topological polar surface area (TPSA) is 9.23 Å². The van der Waals surface area contributed by atoms with Gasteiger partial charge in [0, 0.05) is 0 Å². The molecule has 0 aliphatic rings. The van der Waals surface area contributed by atoms with Gasteiger partial charge in [-0.1, -0.05) is 26.0 Å². The maximum absolute atomic E-state index is 12.0. The lowest BCUT2D eigenvalue weighted by atomic mass is 9.97. The van der Waals surface area contributed by atoms with Crippen LogP contribution in [0.1, 0.15) is 37.3 Å². The van der Waals surface area contributed by atoms with Crippen LogP contribution >= 0.6 is 0 Å². The van der Waals surface area contributed by atoms with E-state index in [0.29, 0.717) is 11.5 Å². The molecule has 0 fully saturated rings. The van der Waals surface area contributed by atoms with Gasteiger partial charge in [0.05, 0.1) is 0 Å². The van der Waals surface area contributed by atoms with Gasteiger partial charge in [0.2, 0.25) is 0 Å². The highest BCUT2D eigenvalue weighted by Gasteiger charge is 2.31. The van der Waals surface area contributed by atoms with Gasteiger partial charge in [0.15, 0.2) is 0 Å². The predicted octanol–water partition coefficient (Wildman–Crippen LogP) is 4.41. The van der Waals surface area contributed by atoms with E-state index in [1.165, 1.54) is 6.07 Å². The molecular formula is C12H15F3O. The van der Waals surface area contributed by atoms with Gasteiger partial charge in [-0.3, -0.25) is 0 Å². The van der Waals surface area contributed by atoms with Crippen LogP contribution in [0.4, 0.5) is 13.2 Å². The normalized spacial score (nSPS) is 13.6. The van der Waals surface area contributed by atoms with E-state index >= 15 is 0 Å². The number of ether oxygens (including phenoxy) is 1. The van der Waals surface area contributed by atoms with Crippen LogP contribution in [-0.4, -0.2) is 6.36 Å². The first kappa shape index (κ1) is 12.9. The predicted molar refractivity (Wildman–Crippen MR) is 56.6 cm³/mol. The van der Waals surface area contributed by atoms with Gasteiger partial charge in [-0.2, -0.15) is 0 Å². The molecule has 1 nitrogen and oxygen atoms in total. The van der Waals surface area contributed by atoms with Crippen molar-refractivity contribution in [2.24, 2.45) is 0 Å². The van der Waals surface area contributed by atoms with Crippen molar-refractivity contribution in [3.05, 3.63) is 29.3 Å². The number of benzene rings is 1. The zero-order valence-electron chi connectivity index (χ0n) is 9.56. The van der Waals surface area contributed by atoms with E-state index in [-0.39, 0.29) is 5.75 Å². The molecule has 1 aromatic rings. The minimum atomic E-state index is -4.62. The Labute approximate surface area is 93.2 Å². The number of rotatable bonds is 3. The van der Waals surface area contributed by atoms with E-state index in [1.807, 2.05) is 13.8 Å². The van der Waals surface area contributed by atoms with E-state index in [9.17, 15) is 13.2 Å². The third-order valence-corrected chi connectivity index (χ3v) is 2.61. The molecule has 4 heteroatoms. The van der Waals surface area contributed by atoms with Crippen molar-refractivity contribution in [3.8, 4) is 5.75 Å². The van der Waals surface area contributed by atoms with Crippen molar-refractivity contribution in [3.63, 3.8) is 0 Å². The van der Waals surface area contributed by atoms with Gasteiger partial charge < -0.3 is 4.74 Å². The molecule has 90 valence electrons. The average molecular weight is 232 g/mol. The van der Waals surface area contributed by atoms with Crippen LogP contribution in [0, 0.1) is 6.92 Å². The summed E-state index contributed by atoms with van der Waals surface area (Å²) in [5, 5.41) is 0. The number of halogens is 3. The Kier molecular flexibility index (Phi) is 3.83. The number of alkyl halides is 3. The molecular weight excluding hydrogens is 217 g/mol. The molecule has 0 N–H and O–H groups in total. The highest BCUT2D eigenvalue weighted by Crippen LogP contribution is 2.29. The molecule has 0 saturated heterocycles. The Bertz CT molecular complexity index is 358. The lowest BCUT2D eigenvalue weighted by molar-refractivity contribution is -0.274. The lowest BCUT2D eigenvalue weighted by Crippen LogP contribution is -2.17. The summed E-state index contributed by atoms with van der Waals surface area (Å²) in [6, 6.07) is 4.81. The molecule has 0 aromatic heterocycles. The molecule has 16 heavy (non-hydrogen) atoms. The van der Waals surface area contributed by atoms with Gasteiger partial charge in [0.25, 0.3) is 0 Å². The van der Waals surface area contributed by atoms with Crippen molar-refractivity contribution in [1.29, 1.82) is 0 Å². The molecule has 0 aliphatic carbocycles. The van der Waals surface area contributed by atoms with Crippen LogP contribution in [0.2, 0.25) is 0 Å². The van der Waals surface area contributed by atoms with Gasteiger partial charge >= 0.3 is 6.36 Å². The summed E-state index contributed by atoms with van der Waals surface area (Å²) in [6.07, 6.45) is -3.67. The first-order valence-electron chi connectivity index (χ1n) is 5.19. The van der Waals surface area contributed by atoms with Gasteiger partial charge in [-0.05, 0) is 36.5 Å². The first-order valence-corrected chi connectivity index (χ1v) is 5.19. The van der Waals surface area contributed by atoms with E-state index < -0.39 is 6.36 Å². The fourth-order valence-corrected chi connectivity index (χ4v) is 1.45. The number of hydrogen-bond donors (Lipinski definition) is 0. The quantitative estimate of drug-likeness (QED) is 0.750. The molecule has 0 amide bonds. The van der Waals surface area contributed by atoms with Crippen LogP contribution < -0.4 is 4.74 Å². The zero-order valence-corrected chi connectivity index (χ0v) is 9.56. The summed E-state index contributed by atoms with van der Waals surface area (Å²) in [7, 11) is 0. The Morgan fingerprint density at radius 3 is 2.38 bits per heavy atom. The van der Waals surface area contributed by atoms with E-state index in [1.54, 1.807) is 19.1 Å². The summed E-state index contributed by atoms with van der Waals surface area (Å²) in [6.45, 7) is 5.70. The average Bonchev–Trinajstić information content (AvgIpc) is 2.18. The number of aryl methyl sites for hydroxylation is 1. The largest absolute Gasteiger partial charge is 0.573 e. The van der Waals surface area contributed by atoms with Crippen LogP contribution in [0.3, 0.4) is 0 Å². The van der Waals surface area contributed by atoms with Crippen molar-refractivity contribution in [2.45, 2.75) is 39.5 Å². The molecule has 0 radical (unpaired) electrons. The highest BCUT2D eigenvalue weighted by atomic mass is 19.4. The monoisotopic (exact) mass is 232 g/mol. The van der Waals surface area contributed by atoms with E-state index in [4.69, 9.17) is 0 Å². The summed E-state index contributed by atoms with van der Waals surface area (Å²) in [4.78, 5) is 0. The fraction of sp³-hybridized carbons (Fsp3) is 0.500. The first-order chi connectivity index (χ1) is 7.33. The summed E-state index contributed by atoms with van der Waals surface area (Å²) in [5.74, 6) is 0.221. The maximum atomic E-state index is 12.0. The molecule has 0 saturated carbocycles. The van der Waals surface area contributed by atoms with Crippen molar-refractivity contribution in [2.75, 3.05) is 0 Å². The summed E-state index contributed by atoms with van der Waals surface area (Å²) >= 11 is 0. The van der Waals surface area contributed by atoms with Gasteiger partial charge in [0.1, 0.15) is 5.75 Å². The molecule has 0 heterocycles. The second-order valence-corrected chi connectivity index (χ2v) is 3.88. The Hall–Kier alpha value is -1.19. The van der Waals surface area contributed by atoms with E-state index in [0.717, 1.165) is 12.0 Å². The molecule has 0 bridgehead atoms. The van der Waals surface area contributed by atoms with Gasteiger partial charge in [-0.15, -0.1) is 13.2 Å². The standard InChI is InChI=1S/C12H15F3O/c1-4-8(2)10-5-6-11(9(3)7-10)16-12(13,14)15/h5-8H,4H2,1-3H3. The van der Waals surface area contributed by atoms with Crippen LogP contribution in [0.5, 0.6) is 5.75 Å². The zero-order chi connectivity index (χ0) is 12.3. The Balaban J connectivity index is 2.92.